The molecule has 1 amide bonds. The lowest BCUT2D eigenvalue weighted by Crippen LogP contribution is -2.41. The summed E-state index contributed by atoms with van der Waals surface area (Å²) in [6.07, 6.45) is 3.83. The van der Waals surface area contributed by atoms with Crippen molar-refractivity contribution >= 4 is 17.3 Å². The number of imidazole rings is 1. The fraction of sp³-hybridized carbons (Fsp3) is 0.407. The van der Waals surface area contributed by atoms with E-state index in [-0.39, 0.29) is 23.4 Å². The maximum atomic E-state index is 13.6. The van der Waals surface area contributed by atoms with Crippen LogP contribution in [-0.2, 0) is 17.6 Å². The molecule has 1 aliphatic rings. The Morgan fingerprint density at radius 3 is 2.54 bits per heavy atom. The van der Waals surface area contributed by atoms with Gasteiger partial charge in [-0.3, -0.25) is 9.89 Å². The van der Waals surface area contributed by atoms with E-state index in [4.69, 9.17) is 4.74 Å². The topological polar surface area (TPSA) is 109 Å². The number of fused-ring (bicyclic) bond motifs is 1. The van der Waals surface area contributed by atoms with E-state index in [1.165, 1.54) is 16.8 Å². The molecule has 37 heavy (non-hydrogen) atoms. The number of H-pyrrole nitrogens is 2. The number of carbonyl (C=O) groups is 1. The van der Waals surface area contributed by atoms with Crippen molar-refractivity contribution in [1.29, 1.82) is 0 Å². The first-order valence-electron chi connectivity index (χ1n) is 12.6. The van der Waals surface area contributed by atoms with Gasteiger partial charge in [0.2, 0.25) is 5.95 Å². The van der Waals surface area contributed by atoms with Crippen LogP contribution in [0.2, 0.25) is 0 Å². The van der Waals surface area contributed by atoms with E-state index in [0.717, 1.165) is 16.8 Å². The lowest BCUT2D eigenvalue weighted by Gasteiger charge is -2.33. The minimum Gasteiger partial charge on any atom is -0.444 e. The molecule has 0 bridgehead atoms. The van der Waals surface area contributed by atoms with Crippen LogP contribution in [0.3, 0.4) is 0 Å². The molecule has 10 heteroatoms. The summed E-state index contributed by atoms with van der Waals surface area (Å²) in [5, 5.41) is 3.31. The molecule has 9 nitrogen and oxygen atoms in total. The van der Waals surface area contributed by atoms with Crippen LogP contribution in [0.1, 0.15) is 56.4 Å². The first-order chi connectivity index (χ1) is 17.7. The van der Waals surface area contributed by atoms with Crippen LogP contribution in [-0.4, -0.2) is 54.4 Å². The zero-order chi connectivity index (χ0) is 26.2. The monoisotopic (exact) mass is 506 g/mol. The second-order valence-corrected chi connectivity index (χ2v) is 10.4. The lowest BCUT2D eigenvalue weighted by molar-refractivity contribution is 0.0204. The Kier molecular flexibility index (Phi) is 6.57. The van der Waals surface area contributed by atoms with E-state index in [2.05, 4.69) is 20.1 Å². The summed E-state index contributed by atoms with van der Waals surface area (Å²) in [6.45, 7) is 6.64. The van der Waals surface area contributed by atoms with Gasteiger partial charge in [-0.15, -0.1) is 0 Å². The molecule has 5 rings (SSSR count). The van der Waals surface area contributed by atoms with Crippen LogP contribution in [0.5, 0.6) is 0 Å². The van der Waals surface area contributed by atoms with Crippen LogP contribution >= 0.6 is 0 Å². The van der Waals surface area contributed by atoms with Gasteiger partial charge in [-0.05, 0) is 76.3 Å². The zero-order valence-corrected chi connectivity index (χ0v) is 21.3. The number of carbonyl (C=O) groups excluding carboxylic acids is 1. The number of benzene rings is 1. The van der Waals surface area contributed by atoms with Crippen molar-refractivity contribution in [3.05, 3.63) is 75.6 Å². The zero-order valence-electron chi connectivity index (χ0n) is 21.3. The maximum absolute atomic E-state index is 13.6. The Morgan fingerprint density at radius 1 is 1.14 bits per heavy atom. The highest BCUT2D eigenvalue weighted by molar-refractivity contribution is 5.71. The number of nitrogens with one attached hydrogen (secondary N) is 2. The predicted molar refractivity (Wildman–Crippen MR) is 137 cm³/mol. The van der Waals surface area contributed by atoms with Gasteiger partial charge in [0, 0.05) is 36.5 Å². The molecule has 1 fully saturated rings. The number of halogens is 1. The van der Waals surface area contributed by atoms with Crippen molar-refractivity contribution < 1.29 is 13.9 Å². The van der Waals surface area contributed by atoms with Crippen LogP contribution < -0.4 is 5.56 Å². The second kappa shape index (κ2) is 9.84. The van der Waals surface area contributed by atoms with Gasteiger partial charge in [-0.25, -0.2) is 14.2 Å². The molecule has 0 atom stereocenters. The lowest BCUT2D eigenvalue weighted by atomic mass is 9.90. The number of nitrogens with zero attached hydrogens (tertiary/aromatic N) is 4. The molecule has 1 saturated heterocycles. The van der Waals surface area contributed by atoms with E-state index < -0.39 is 5.60 Å². The summed E-state index contributed by atoms with van der Waals surface area (Å²) in [5.74, 6) is 0.154. The number of piperidine rings is 1. The molecule has 4 aromatic rings. The fourth-order valence-corrected chi connectivity index (χ4v) is 4.75. The van der Waals surface area contributed by atoms with Crippen molar-refractivity contribution in [3.63, 3.8) is 0 Å². The first-order valence-corrected chi connectivity index (χ1v) is 12.6. The average molecular weight is 507 g/mol. The molecular weight excluding hydrogens is 475 g/mol. The summed E-state index contributed by atoms with van der Waals surface area (Å²) in [5.41, 5.74) is 3.01. The van der Waals surface area contributed by atoms with Gasteiger partial charge < -0.3 is 14.6 Å². The molecule has 0 saturated carbocycles. The third-order valence-corrected chi connectivity index (χ3v) is 6.61. The number of likely N-dealkylation sites (tertiary alicyclic amines) is 1. The van der Waals surface area contributed by atoms with Gasteiger partial charge in [-0.1, -0.05) is 12.1 Å². The van der Waals surface area contributed by atoms with Gasteiger partial charge in [0.25, 0.3) is 5.56 Å². The number of aromatic amines is 2. The average Bonchev–Trinajstić information content (AvgIpc) is 3.43. The van der Waals surface area contributed by atoms with Crippen LogP contribution in [0.15, 0.2) is 47.4 Å². The number of hydrogen-bond donors (Lipinski definition) is 2. The largest absolute Gasteiger partial charge is 0.444 e. The smallest absolute Gasteiger partial charge is 0.410 e. The molecule has 1 aliphatic heterocycles. The van der Waals surface area contributed by atoms with Gasteiger partial charge in [0.05, 0.1) is 5.52 Å². The fourth-order valence-electron chi connectivity index (χ4n) is 4.75. The SMILES string of the molecule is CC(C)(C)OC(=O)N1CCC(c2[nH]n(-c3nc4ncccc4[nH]3)c(=O)c2CCc2ccc(F)cc2)CC1. The third-order valence-electron chi connectivity index (χ3n) is 6.61. The number of aromatic nitrogens is 5. The van der Waals surface area contributed by atoms with Crippen molar-refractivity contribution in [2.75, 3.05) is 13.1 Å². The Hall–Kier alpha value is -3.95. The molecule has 0 radical (unpaired) electrons. The van der Waals surface area contributed by atoms with Crippen LogP contribution in [0, 0.1) is 5.82 Å². The summed E-state index contributed by atoms with van der Waals surface area (Å²) in [6, 6.07) is 10.0. The highest BCUT2D eigenvalue weighted by Gasteiger charge is 2.31. The minimum absolute atomic E-state index is 0.0679. The summed E-state index contributed by atoms with van der Waals surface area (Å²) < 4.78 is 20.3. The number of amides is 1. The molecule has 2 N–H and O–H groups in total. The van der Waals surface area contributed by atoms with Crippen molar-refractivity contribution in [2.24, 2.45) is 0 Å². The summed E-state index contributed by atoms with van der Waals surface area (Å²) >= 11 is 0. The number of rotatable bonds is 5. The predicted octanol–water partition coefficient (Wildman–Crippen LogP) is 4.48. The molecule has 194 valence electrons. The molecule has 1 aromatic carbocycles. The number of hydrogen-bond acceptors (Lipinski definition) is 5. The maximum Gasteiger partial charge on any atom is 0.410 e. The molecule has 0 unspecified atom stereocenters. The number of ether oxygens (including phenoxy) is 1. The third kappa shape index (κ3) is 5.42. The van der Waals surface area contributed by atoms with Crippen molar-refractivity contribution in [2.45, 2.75) is 58.0 Å². The normalized spacial score (nSPS) is 14.9. The Morgan fingerprint density at radius 2 is 1.86 bits per heavy atom. The summed E-state index contributed by atoms with van der Waals surface area (Å²) in [7, 11) is 0. The van der Waals surface area contributed by atoms with Crippen LogP contribution in [0.4, 0.5) is 9.18 Å². The van der Waals surface area contributed by atoms with Gasteiger partial charge in [0.1, 0.15) is 11.4 Å². The van der Waals surface area contributed by atoms with E-state index in [0.29, 0.717) is 55.9 Å². The van der Waals surface area contributed by atoms with Gasteiger partial charge in [-0.2, -0.15) is 9.67 Å². The Labute approximate surface area is 213 Å². The first kappa shape index (κ1) is 24.7. The standard InChI is InChI=1S/C27H31FN6O3/c1-27(2,3)37-26(36)33-15-12-18(13-16-33)22-20(11-8-17-6-9-19(28)10-7-17)24(35)34(32-22)25-30-21-5-4-14-29-23(21)31-25/h4-7,9-10,14,18,32H,8,11-13,15-16H2,1-3H3,(H,29,30,31). The highest BCUT2D eigenvalue weighted by Crippen LogP contribution is 2.30. The van der Waals surface area contributed by atoms with Crippen molar-refractivity contribution in [3.8, 4) is 5.95 Å². The van der Waals surface area contributed by atoms with Crippen molar-refractivity contribution in [1.82, 2.24) is 29.6 Å². The molecule has 0 spiro atoms. The van der Waals surface area contributed by atoms with E-state index in [1.807, 2.05) is 26.8 Å². The number of pyridine rings is 1. The van der Waals surface area contributed by atoms with Gasteiger partial charge in [0.15, 0.2) is 5.65 Å². The molecule has 0 aliphatic carbocycles. The Bertz CT molecular complexity index is 1420. The highest BCUT2D eigenvalue weighted by atomic mass is 19.1. The van der Waals surface area contributed by atoms with Gasteiger partial charge >= 0.3 is 6.09 Å². The number of aryl methyl sites for hydroxylation is 1. The van der Waals surface area contributed by atoms with E-state index >= 15 is 0 Å². The molecular formula is C27H31FN6O3. The quantitative estimate of drug-likeness (QED) is 0.415. The molecule has 4 heterocycles. The van der Waals surface area contributed by atoms with E-state index in [1.54, 1.807) is 29.3 Å². The minimum atomic E-state index is -0.550. The van der Waals surface area contributed by atoms with E-state index in [9.17, 15) is 14.0 Å². The summed E-state index contributed by atoms with van der Waals surface area (Å²) in [4.78, 5) is 39.8. The second-order valence-electron chi connectivity index (χ2n) is 10.4. The van der Waals surface area contributed by atoms with Crippen LogP contribution in [0.25, 0.3) is 17.1 Å². The Balaban J connectivity index is 1.42. The molecule has 3 aromatic heterocycles.